The molecule has 21 heavy (non-hydrogen) atoms. The highest BCUT2D eigenvalue weighted by molar-refractivity contribution is 5.63. The summed E-state index contributed by atoms with van der Waals surface area (Å²) < 4.78 is 5.60. The zero-order valence-electron chi connectivity index (χ0n) is 13.6. The molecule has 0 saturated carbocycles. The Morgan fingerprint density at radius 1 is 1.29 bits per heavy atom. The monoisotopic (exact) mass is 286 g/mol. The molecule has 114 valence electrons. The lowest BCUT2D eigenvalue weighted by atomic mass is 9.83. The summed E-state index contributed by atoms with van der Waals surface area (Å²) in [5.41, 5.74) is 8.97. The number of methoxy groups -OCH3 is 1. The van der Waals surface area contributed by atoms with Gasteiger partial charge in [0, 0.05) is 17.2 Å². The van der Waals surface area contributed by atoms with Gasteiger partial charge < -0.3 is 10.5 Å². The van der Waals surface area contributed by atoms with E-state index in [1.54, 1.807) is 7.11 Å². The number of unbranched alkanes of at least 4 members (excludes halogenated alkanes) is 1. The first-order valence-electron chi connectivity index (χ1n) is 7.41. The molecule has 1 aromatic rings. The smallest absolute Gasteiger partial charge is 0.129 e. The Balaban J connectivity index is 3.30. The van der Waals surface area contributed by atoms with Gasteiger partial charge in [-0.15, -0.1) is 0 Å². The minimum atomic E-state index is -0.00947. The zero-order valence-corrected chi connectivity index (χ0v) is 13.6. The van der Waals surface area contributed by atoms with E-state index in [0.29, 0.717) is 0 Å². The van der Waals surface area contributed by atoms with E-state index in [2.05, 4.69) is 32.9 Å². The van der Waals surface area contributed by atoms with Gasteiger partial charge in [-0.3, -0.25) is 0 Å². The van der Waals surface area contributed by atoms with E-state index >= 15 is 0 Å². The van der Waals surface area contributed by atoms with E-state index in [9.17, 15) is 0 Å². The average Bonchev–Trinajstić information content (AvgIpc) is 2.43. The van der Waals surface area contributed by atoms with Crippen molar-refractivity contribution in [1.82, 2.24) is 0 Å². The summed E-state index contributed by atoms with van der Waals surface area (Å²) in [6, 6.07) is 6.38. The van der Waals surface area contributed by atoms with Crippen LogP contribution in [0.25, 0.3) is 6.08 Å². The Kier molecular flexibility index (Phi) is 6.45. The van der Waals surface area contributed by atoms with Crippen LogP contribution in [-0.2, 0) is 11.8 Å². The number of ether oxygens (including phenoxy) is 1. The van der Waals surface area contributed by atoms with Gasteiger partial charge in [0.25, 0.3) is 0 Å². The summed E-state index contributed by atoms with van der Waals surface area (Å²) in [5.74, 6) is 0.858. The Hall–Kier alpha value is -1.79. The predicted molar refractivity (Wildman–Crippen MR) is 88.3 cm³/mol. The summed E-state index contributed by atoms with van der Waals surface area (Å²) in [6.07, 6.45) is 6.42. The van der Waals surface area contributed by atoms with Crippen molar-refractivity contribution in [3.05, 3.63) is 34.9 Å². The number of nitriles is 1. The third-order valence-electron chi connectivity index (χ3n) is 3.45. The van der Waals surface area contributed by atoms with Crippen molar-refractivity contribution in [3.63, 3.8) is 0 Å². The number of allylic oxidation sites excluding steroid dienone is 1. The van der Waals surface area contributed by atoms with Gasteiger partial charge in [0.1, 0.15) is 5.75 Å². The van der Waals surface area contributed by atoms with Gasteiger partial charge >= 0.3 is 0 Å². The molecule has 0 spiro atoms. The van der Waals surface area contributed by atoms with Gasteiger partial charge in [-0.1, -0.05) is 26.8 Å². The first-order chi connectivity index (χ1) is 9.93. The molecule has 0 amide bonds. The summed E-state index contributed by atoms with van der Waals surface area (Å²) in [7, 11) is 1.68. The number of aryl methyl sites for hydroxylation is 1. The molecule has 0 aliphatic carbocycles. The minimum Gasteiger partial charge on any atom is -0.496 e. The quantitative estimate of drug-likeness (QED) is 0.639. The second kappa shape index (κ2) is 7.85. The zero-order chi connectivity index (χ0) is 15.9. The summed E-state index contributed by atoms with van der Waals surface area (Å²) >= 11 is 0. The highest BCUT2D eigenvalue weighted by Crippen LogP contribution is 2.36. The fourth-order valence-electron chi connectivity index (χ4n) is 2.37. The number of nitrogens with two attached hydrogens (primary N) is 1. The first kappa shape index (κ1) is 17.3. The Morgan fingerprint density at radius 2 is 2.00 bits per heavy atom. The lowest BCUT2D eigenvalue weighted by Gasteiger charge is -2.24. The van der Waals surface area contributed by atoms with Crippen LogP contribution in [0.5, 0.6) is 5.75 Å². The van der Waals surface area contributed by atoms with Gasteiger partial charge in [0.2, 0.25) is 0 Å². The molecule has 0 aliphatic rings. The third-order valence-corrected chi connectivity index (χ3v) is 3.45. The molecule has 2 N–H and O–H groups in total. The molecule has 0 unspecified atom stereocenters. The number of hydrogen-bond donors (Lipinski definition) is 1. The maximum absolute atomic E-state index is 8.77. The highest BCUT2D eigenvalue weighted by Gasteiger charge is 2.21. The van der Waals surface area contributed by atoms with Crippen LogP contribution in [0, 0.1) is 11.3 Å². The highest BCUT2D eigenvalue weighted by atomic mass is 16.5. The summed E-state index contributed by atoms with van der Waals surface area (Å²) in [4.78, 5) is 0. The molecular weight excluding hydrogens is 260 g/mol. The minimum absolute atomic E-state index is 0.00947. The van der Waals surface area contributed by atoms with Crippen molar-refractivity contribution in [2.24, 2.45) is 5.73 Å². The molecular formula is C18H26N2O. The first-order valence-corrected chi connectivity index (χ1v) is 7.41. The lowest BCUT2D eigenvalue weighted by Crippen LogP contribution is -2.14. The Labute approximate surface area is 128 Å². The van der Waals surface area contributed by atoms with Crippen LogP contribution >= 0.6 is 0 Å². The molecule has 3 heteroatoms. The Bertz CT molecular complexity index is 533. The number of benzene rings is 1. The normalized spacial score (nSPS) is 11.6. The van der Waals surface area contributed by atoms with E-state index < -0.39 is 0 Å². The molecule has 0 saturated heterocycles. The van der Waals surface area contributed by atoms with Gasteiger partial charge in [-0.05, 0) is 48.9 Å². The molecule has 0 heterocycles. The molecule has 3 nitrogen and oxygen atoms in total. The molecule has 0 radical (unpaired) electrons. The molecule has 0 atom stereocenters. The molecule has 0 bridgehead atoms. The Morgan fingerprint density at radius 3 is 2.52 bits per heavy atom. The fourth-order valence-corrected chi connectivity index (χ4v) is 2.37. The van der Waals surface area contributed by atoms with E-state index in [0.717, 1.165) is 37.1 Å². The molecule has 0 fully saturated rings. The van der Waals surface area contributed by atoms with Crippen molar-refractivity contribution >= 4 is 6.08 Å². The molecule has 1 aromatic carbocycles. The largest absolute Gasteiger partial charge is 0.496 e. The standard InChI is InChI=1S/C18H26N2O/c1-18(2,3)16-13-14(8-5-6-10-19)12-15(9-7-11-20)17(16)21-4/h7,9,12-13H,5-6,8,10,19H2,1-4H3/b9-7+. The van der Waals surface area contributed by atoms with Crippen molar-refractivity contribution in [3.8, 4) is 11.8 Å². The van der Waals surface area contributed by atoms with Gasteiger partial charge in [0.15, 0.2) is 0 Å². The third kappa shape index (κ3) is 4.91. The molecule has 0 aromatic heterocycles. The van der Waals surface area contributed by atoms with Gasteiger partial charge in [0.05, 0.1) is 13.2 Å². The van der Waals surface area contributed by atoms with E-state index in [1.165, 1.54) is 17.2 Å². The van der Waals surface area contributed by atoms with Crippen molar-refractivity contribution in [2.75, 3.05) is 13.7 Å². The number of nitrogens with zero attached hydrogens (tertiary/aromatic N) is 1. The number of hydrogen-bond acceptors (Lipinski definition) is 3. The van der Waals surface area contributed by atoms with Gasteiger partial charge in [-0.2, -0.15) is 5.26 Å². The maximum atomic E-state index is 8.77. The summed E-state index contributed by atoms with van der Waals surface area (Å²) in [6.45, 7) is 7.24. The number of rotatable bonds is 6. The second-order valence-corrected chi connectivity index (χ2v) is 6.22. The SMILES string of the molecule is COc1c(/C=C/C#N)cc(CCCCN)cc1C(C)(C)C. The van der Waals surface area contributed by atoms with Crippen LogP contribution in [0.15, 0.2) is 18.2 Å². The second-order valence-electron chi connectivity index (χ2n) is 6.22. The lowest BCUT2D eigenvalue weighted by molar-refractivity contribution is 0.396. The molecule has 1 rings (SSSR count). The van der Waals surface area contributed by atoms with Crippen molar-refractivity contribution in [1.29, 1.82) is 5.26 Å². The van der Waals surface area contributed by atoms with Crippen LogP contribution in [0.1, 0.15) is 50.3 Å². The van der Waals surface area contributed by atoms with Crippen molar-refractivity contribution in [2.45, 2.75) is 45.4 Å². The van der Waals surface area contributed by atoms with E-state index in [4.69, 9.17) is 15.7 Å². The van der Waals surface area contributed by atoms with Gasteiger partial charge in [-0.25, -0.2) is 0 Å². The van der Waals surface area contributed by atoms with E-state index in [1.807, 2.05) is 12.1 Å². The van der Waals surface area contributed by atoms with Crippen molar-refractivity contribution < 1.29 is 4.74 Å². The van der Waals surface area contributed by atoms with E-state index in [-0.39, 0.29) is 5.41 Å². The van der Waals surface area contributed by atoms with Crippen LogP contribution in [0.4, 0.5) is 0 Å². The fraction of sp³-hybridized carbons (Fsp3) is 0.500. The van der Waals surface area contributed by atoms with Crippen LogP contribution in [0.3, 0.4) is 0 Å². The molecule has 0 aliphatic heterocycles. The van der Waals surface area contributed by atoms with Crippen LogP contribution < -0.4 is 10.5 Å². The predicted octanol–water partition coefficient (Wildman–Crippen LogP) is 3.81. The topological polar surface area (TPSA) is 59.0 Å². The average molecular weight is 286 g/mol. The van der Waals surface area contributed by atoms with Crippen LogP contribution in [-0.4, -0.2) is 13.7 Å². The van der Waals surface area contributed by atoms with Crippen LogP contribution in [0.2, 0.25) is 0 Å². The maximum Gasteiger partial charge on any atom is 0.129 e. The summed E-state index contributed by atoms with van der Waals surface area (Å²) in [5, 5.41) is 8.77.